The largest absolute Gasteiger partial charge is 0.492 e. The van der Waals surface area contributed by atoms with Gasteiger partial charge in [-0.15, -0.1) is 0 Å². The van der Waals surface area contributed by atoms with Crippen molar-refractivity contribution in [3.8, 4) is 5.75 Å². The van der Waals surface area contributed by atoms with Crippen molar-refractivity contribution in [2.24, 2.45) is 0 Å². The first-order chi connectivity index (χ1) is 19.2. The van der Waals surface area contributed by atoms with Crippen LogP contribution in [0.4, 0.5) is 16.3 Å². The summed E-state index contributed by atoms with van der Waals surface area (Å²) in [5, 5.41) is 24.0. The number of fused-ring (bicyclic) bond motifs is 1. The second kappa shape index (κ2) is 11.7. The monoisotopic (exact) mass is 546 g/mol. The third-order valence-electron chi connectivity index (χ3n) is 7.13. The Labute approximate surface area is 234 Å². The van der Waals surface area contributed by atoms with Crippen LogP contribution in [0, 0.1) is 0 Å². The Balaban J connectivity index is 1.33. The van der Waals surface area contributed by atoms with Gasteiger partial charge in [0.15, 0.2) is 0 Å². The van der Waals surface area contributed by atoms with Crippen LogP contribution in [0.2, 0.25) is 0 Å². The van der Waals surface area contributed by atoms with Gasteiger partial charge < -0.3 is 14.8 Å². The number of aromatic nitrogens is 2. The van der Waals surface area contributed by atoms with E-state index in [-0.39, 0.29) is 12.0 Å². The van der Waals surface area contributed by atoms with Gasteiger partial charge in [-0.25, -0.2) is 9.48 Å². The van der Waals surface area contributed by atoms with Crippen LogP contribution < -0.4 is 15.4 Å². The number of nitrogens with one attached hydrogen (secondary N) is 2. The van der Waals surface area contributed by atoms with Gasteiger partial charge in [-0.05, 0) is 31.2 Å². The molecule has 0 bridgehead atoms. The van der Waals surface area contributed by atoms with Gasteiger partial charge in [-0.1, -0.05) is 45.0 Å². The molecule has 0 atom stereocenters. The molecule has 0 aliphatic carbocycles. The molecule has 1 saturated heterocycles. The van der Waals surface area contributed by atoms with Gasteiger partial charge in [0.25, 0.3) is 0 Å². The van der Waals surface area contributed by atoms with Gasteiger partial charge in [0.05, 0.1) is 36.8 Å². The lowest BCUT2D eigenvalue weighted by molar-refractivity contribution is -0.0438. The predicted molar refractivity (Wildman–Crippen MR) is 157 cm³/mol. The van der Waals surface area contributed by atoms with Crippen molar-refractivity contribution in [3.63, 3.8) is 0 Å². The SMILES string of the molecule is CC1=CC=C(n2nc(C(C)(C)C)cc2NC(=O)Nc2ccc(OCCN3CCOCC3)c3ccccc23)CN1O. The lowest BCUT2D eigenvalue weighted by Crippen LogP contribution is -2.38. The average Bonchev–Trinajstić information content (AvgIpc) is 3.36. The molecule has 2 amide bonds. The van der Waals surface area contributed by atoms with Crippen LogP contribution in [0.25, 0.3) is 16.5 Å². The summed E-state index contributed by atoms with van der Waals surface area (Å²) >= 11 is 0. The van der Waals surface area contributed by atoms with E-state index in [1.165, 1.54) is 0 Å². The maximum atomic E-state index is 13.3. The van der Waals surface area contributed by atoms with Crippen LogP contribution in [0.3, 0.4) is 0 Å². The van der Waals surface area contributed by atoms with Crippen LogP contribution >= 0.6 is 0 Å². The van der Waals surface area contributed by atoms with Crippen molar-refractivity contribution in [1.82, 2.24) is 19.7 Å². The highest BCUT2D eigenvalue weighted by Gasteiger charge is 2.24. The van der Waals surface area contributed by atoms with E-state index >= 15 is 0 Å². The molecule has 0 spiro atoms. The fourth-order valence-electron chi connectivity index (χ4n) is 4.71. The quantitative estimate of drug-likeness (QED) is 0.377. The molecule has 2 aliphatic rings. The minimum absolute atomic E-state index is 0.230. The number of hydroxylamine groups is 2. The van der Waals surface area contributed by atoms with Crippen molar-refractivity contribution in [1.29, 1.82) is 0 Å². The number of rotatable bonds is 7. The third kappa shape index (κ3) is 6.30. The van der Waals surface area contributed by atoms with Crippen LogP contribution in [-0.2, 0) is 10.2 Å². The van der Waals surface area contributed by atoms with Gasteiger partial charge >= 0.3 is 6.03 Å². The van der Waals surface area contributed by atoms with E-state index in [1.54, 1.807) is 4.68 Å². The molecule has 3 heterocycles. The highest BCUT2D eigenvalue weighted by Crippen LogP contribution is 2.32. The van der Waals surface area contributed by atoms with E-state index in [0.717, 1.165) is 71.5 Å². The van der Waals surface area contributed by atoms with E-state index in [1.807, 2.05) is 61.5 Å². The average molecular weight is 547 g/mol. The molecule has 3 aromatic rings. The summed E-state index contributed by atoms with van der Waals surface area (Å²) < 4.78 is 13.3. The number of anilines is 2. The number of ether oxygens (including phenoxy) is 2. The van der Waals surface area contributed by atoms with E-state index in [0.29, 0.717) is 18.1 Å². The number of urea groups is 1. The van der Waals surface area contributed by atoms with Crippen LogP contribution in [0.15, 0.2) is 60.3 Å². The van der Waals surface area contributed by atoms with Crippen LogP contribution in [0.5, 0.6) is 5.75 Å². The summed E-state index contributed by atoms with van der Waals surface area (Å²) in [4.78, 5) is 15.6. The first kappa shape index (κ1) is 27.7. The van der Waals surface area contributed by atoms with E-state index < -0.39 is 6.03 Å². The summed E-state index contributed by atoms with van der Waals surface area (Å²) in [5.74, 6) is 1.30. The first-order valence-corrected chi connectivity index (χ1v) is 13.7. The topological polar surface area (TPSA) is 104 Å². The molecule has 3 N–H and O–H groups in total. The van der Waals surface area contributed by atoms with Crippen molar-refractivity contribution in [2.45, 2.75) is 33.1 Å². The van der Waals surface area contributed by atoms with Gasteiger partial charge in [0.2, 0.25) is 0 Å². The Morgan fingerprint density at radius 1 is 1.07 bits per heavy atom. The third-order valence-corrected chi connectivity index (χ3v) is 7.13. The molecule has 10 nitrogen and oxygen atoms in total. The molecule has 0 saturated carbocycles. The van der Waals surface area contributed by atoms with E-state index in [9.17, 15) is 10.0 Å². The zero-order chi connectivity index (χ0) is 28.3. The lowest BCUT2D eigenvalue weighted by Gasteiger charge is -2.26. The van der Waals surface area contributed by atoms with Gasteiger partial charge in [-0.3, -0.25) is 20.5 Å². The Morgan fingerprint density at radius 2 is 1.82 bits per heavy atom. The molecule has 212 valence electrons. The maximum Gasteiger partial charge on any atom is 0.324 e. The Morgan fingerprint density at radius 3 is 2.55 bits per heavy atom. The molecule has 1 fully saturated rings. The Kier molecular flexibility index (Phi) is 8.11. The number of nitrogens with zero attached hydrogens (tertiary/aromatic N) is 4. The number of hydrogen-bond acceptors (Lipinski definition) is 7. The number of carbonyl (C=O) groups excluding carboxylic acids is 1. The van der Waals surface area contributed by atoms with E-state index in [2.05, 4.69) is 36.3 Å². The minimum atomic E-state index is -0.392. The molecule has 0 radical (unpaired) electrons. The number of benzene rings is 2. The molecular formula is C30H38N6O4. The fraction of sp³-hybridized carbons (Fsp3) is 0.400. The maximum absolute atomic E-state index is 13.3. The highest BCUT2D eigenvalue weighted by molar-refractivity contribution is 6.07. The molecular weight excluding hydrogens is 508 g/mol. The minimum Gasteiger partial charge on any atom is -0.492 e. The standard InChI is InChI=1S/C30H38N6O4/c1-21-9-10-22(20-35(21)38)36-28(19-27(33-36)30(2,3)4)32-29(37)31-25-11-12-26(24-8-6-5-7-23(24)25)40-18-15-34-13-16-39-17-14-34/h5-12,19,38H,13-18,20H2,1-4H3,(H2,31,32,37). The summed E-state index contributed by atoms with van der Waals surface area (Å²) in [6.45, 7) is 13.1. The van der Waals surface area contributed by atoms with Gasteiger partial charge in [-0.2, -0.15) is 5.10 Å². The van der Waals surface area contributed by atoms with Crippen LogP contribution in [0.1, 0.15) is 33.4 Å². The number of amides is 2. The van der Waals surface area contributed by atoms with Crippen molar-refractivity contribution in [3.05, 3.63) is 66.0 Å². The van der Waals surface area contributed by atoms with Crippen molar-refractivity contribution < 1.29 is 19.5 Å². The first-order valence-electron chi connectivity index (χ1n) is 13.7. The molecule has 40 heavy (non-hydrogen) atoms. The predicted octanol–water partition coefficient (Wildman–Crippen LogP) is 5.14. The Bertz CT molecular complexity index is 1430. The zero-order valence-electron chi connectivity index (χ0n) is 23.6. The number of morpholine rings is 1. The second-order valence-corrected chi connectivity index (χ2v) is 11.1. The summed E-state index contributed by atoms with van der Waals surface area (Å²) in [5.41, 5.74) is 2.74. The zero-order valence-corrected chi connectivity index (χ0v) is 23.6. The van der Waals surface area contributed by atoms with Crippen molar-refractivity contribution >= 4 is 34.0 Å². The summed E-state index contributed by atoms with van der Waals surface area (Å²) in [6.07, 6.45) is 3.72. The number of carbonyl (C=O) groups is 1. The molecule has 0 unspecified atom stereocenters. The molecule has 1 aromatic heterocycles. The molecule has 5 rings (SSSR count). The lowest BCUT2D eigenvalue weighted by atomic mass is 9.92. The van der Waals surface area contributed by atoms with Gasteiger partial charge in [0, 0.05) is 47.6 Å². The number of allylic oxidation sites excluding steroid dienone is 3. The van der Waals surface area contributed by atoms with Crippen LogP contribution in [-0.4, -0.2) is 77.0 Å². The Hall–Kier alpha value is -3.86. The second-order valence-electron chi connectivity index (χ2n) is 11.1. The van der Waals surface area contributed by atoms with Crippen molar-refractivity contribution in [2.75, 3.05) is 56.6 Å². The smallest absolute Gasteiger partial charge is 0.324 e. The summed E-state index contributed by atoms with van der Waals surface area (Å²) in [7, 11) is 0. The number of hydrogen-bond donors (Lipinski definition) is 3. The van der Waals surface area contributed by atoms with Gasteiger partial charge in [0.1, 0.15) is 18.2 Å². The highest BCUT2D eigenvalue weighted by atomic mass is 16.5. The fourth-order valence-corrected chi connectivity index (χ4v) is 4.71. The molecule has 2 aromatic carbocycles. The molecule has 2 aliphatic heterocycles. The van der Waals surface area contributed by atoms with E-state index in [4.69, 9.17) is 14.6 Å². The molecule has 10 heteroatoms. The normalized spacial score (nSPS) is 16.5. The summed E-state index contributed by atoms with van der Waals surface area (Å²) in [6, 6.07) is 13.1.